The number of benzene rings is 1. The van der Waals surface area contributed by atoms with Gasteiger partial charge in [0, 0.05) is 31.1 Å². The number of carbonyl (C=O) groups excluding carboxylic acids is 3. The number of carbonyl (C=O) groups is 3. The first-order valence-electron chi connectivity index (χ1n) is 10.3. The Morgan fingerprint density at radius 2 is 1.86 bits per heavy atom. The molecule has 5 rings (SSSR count). The molecular weight excluding hydrogens is 356 g/mol. The van der Waals surface area contributed by atoms with Gasteiger partial charge in [-0.2, -0.15) is 0 Å². The average molecular weight is 382 g/mol. The van der Waals surface area contributed by atoms with Gasteiger partial charge in [0.15, 0.2) is 0 Å². The molecule has 3 aliphatic heterocycles. The van der Waals surface area contributed by atoms with Crippen LogP contribution in [0.2, 0.25) is 0 Å². The summed E-state index contributed by atoms with van der Waals surface area (Å²) in [5.74, 6) is 0.641. The maximum atomic E-state index is 13.2. The second-order valence-corrected chi connectivity index (χ2v) is 8.51. The Morgan fingerprint density at radius 3 is 2.61 bits per heavy atom. The van der Waals surface area contributed by atoms with Crippen molar-refractivity contribution in [2.24, 2.45) is 11.8 Å². The summed E-state index contributed by atoms with van der Waals surface area (Å²) in [6.45, 7) is 3.26. The van der Waals surface area contributed by atoms with Gasteiger partial charge in [-0.25, -0.2) is 0 Å². The molecule has 1 aromatic rings. The number of hydrogen-bond donors (Lipinski definition) is 3. The van der Waals surface area contributed by atoms with Crippen molar-refractivity contribution in [3.63, 3.8) is 0 Å². The molecule has 0 radical (unpaired) electrons. The van der Waals surface area contributed by atoms with Gasteiger partial charge in [-0.15, -0.1) is 0 Å². The van der Waals surface area contributed by atoms with E-state index in [0.29, 0.717) is 37.4 Å². The van der Waals surface area contributed by atoms with Crippen LogP contribution < -0.4 is 16.0 Å². The molecule has 28 heavy (non-hydrogen) atoms. The Morgan fingerprint density at radius 1 is 1.07 bits per heavy atom. The molecule has 3 amide bonds. The molecule has 7 nitrogen and oxygen atoms in total. The van der Waals surface area contributed by atoms with Crippen LogP contribution in [0.5, 0.6) is 0 Å². The quantitative estimate of drug-likeness (QED) is 0.661. The third kappa shape index (κ3) is 2.93. The molecule has 3 fully saturated rings. The third-order valence-corrected chi connectivity index (χ3v) is 6.90. The summed E-state index contributed by atoms with van der Waals surface area (Å²) in [5, 5.41) is 9.60. The van der Waals surface area contributed by atoms with E-state index in [0.717, 1.165) is 29.8 Å². The van der Waals surface area contributed by atoms with E-state index in [1.54, 1.807) is 4.90 Å². The lowest BCUT2D eigenvalue weighted by Gasteiger charge is -2.32. The number of rotatable bonds is 4. The Hall–Kier alpha value is -2.25. The van der Waals surface area contributed by atoms with Gasteiger partial charge in [-0.05, 0) is 55.3 Å². The second-order valence-electron chi connectivity index (χ2n) is 8.51. The lowest BCUT2D eigenvalue weighted by Crippen LogP contribution is -2.52. The zero-order valence-electron chi connectivity index (χ0n) is 15.9. The molecule has 7 heteroatoms. The minimum atomic E-state index is -0.557. The van der Waals surface area contributed by atoms with Crippen LogP contribution in [0, 0.1) is 11.8 Å². The van der Waals surface area contributed by atoms with Gasteiger partial charge in [0.05, 0.1) is 0 Å². The Bertz CT molecular complexity index is 823. The normalized spacial score (nSPS) is 31.9. The number of hydrogen-bond acceptors (Lipinski definition) is 5. The van der Waals surface area contributed by atoms with Gasteiger partial charge in [0.25, 0.3) is 5.91 Å². The number of nitrogens with one attached hydrogen (secondary N) is 3. The van der Waals surface area contributed by atoms with Gasteiger partial charge in [-0.3, -0.25) is 19.7 Å². The zero-order chi connectivity index (χ0) is 19.3. The molecule has 3 unspecified atom stereocenters. The van der Waals surface area contributed by atoms with Gasteiger partial charge in [0.2, 0.25) is 11.8 Å². The van der Waals surface area contributed by atoms with E-state index in [2.05, 4.69) is 16.0 Å². The van der Waals surface area contributed by atoms with Gasteiger partial charge < -0.3 is 15.5 Å². The molecule has 3 heterocycles. The van der Waals surface area contributed by atoms with E-state index in [1.165, 1.54) is 12.8 Å². The number of fused-ring (bicyclic) bond motifs is 3. The first kappa shape index (κ1) is 17.8. The molecule has 3 N–H and O–H groups in total. The van der Waals surface area contributed by atoms with Crippen LogP contribution in [-0.2, 0) is 22.7 Å². The minimum absolute atomic E-state index is 0.0878. The van der Waals surface area contributed by atoms with Crippen LogP contribution >= 0.6 is 0 Å². The monoisotopic (exact) mass is 382 g/mol. The van der Waals surface area contributed by atoms with Crippen molar-refractivity contribution < 1.29 is 14.4 Å². The van der Waals surface area contributed by atoms with Crippen molar-refractivity contribution in [3.05, 3.63) is 34.9 Å². The Labute approximate surface area is 164 Å². The molecule has 2 saturated heterocycles. The molecular formula is C21H26N4O3. The fourth-order valence-electron chi connectivity index (χ4n) is 5.48. The van der Waals surface area contributed by atoms with E-state index < -0.39 is 6.04 Å². The van der Waals surface area contributed by atoms with Crippen molar-refractivity contribution in [2.75, 3.05) is 13.1 Å². The second kappa shape index (κ2) is 6.97. The first-order chi connectivity index (χ1) is 13.6. The minimum Gasteiger partial charge on any atom is -0.322 e. The summed E-state index contributed by atoms with van der Waals surface area (Å²) < 4.78 is 0. The van der Waals surface area contributed by atoms with Crippen molar-refractivity contribution in [1.82, 2.24) is 20.9 Å². The molecule has 3 atom stereocenters. The van der Waals surface area contributed by atoms with Crippen molar-refractivity contribution in [2.45, 2.75) is 50.9 Å². The van der Waals surface area contributed by atoms with Crippen LogP contribution in [0.1, 0.15) is 47.2 Å². The van der Waals surface area contributed by atoms with Crippen molar-refractivity contribution in [1.29, 1.82) is 0 Å². The summed E-state index contributed by atoms with van der Waals surface area (Å²) in [6, 6.07) is 5.93. The molecule has 0 aromatic heterocycles. The molecule has 1 aromatic carbocycles. The average Bonchev–Trinajstić information content (AvgIpc) is 3.12. The predicted molar refractivity (Wildman–Crippen MR) is 102 cm³/mol. The summed E-state index contributed by atoms with van der Waals surface area (Å²) in [6.07, 6.45) is 3.22. The smallest absolute Gasteiger partial charge is 0.255 e. The number of imide groups is 1. The van der Waals surface area contributed by atoms with E-state index >= 15 is 0 Å². The number of piperidine rings is 2. The third-order valence-electron chi connectivity index (χ3n) is 6.90. The van der Waals surface area contributed by atoms with E-state index in [1.807, 2.05) is 18.2 Å². The summed E-state index contributed by atoms with van der Waals surface area (Å²) in [5.41, 5.74) is 2.72. The topological polar surface area (TPSA) is 90.5 Å². The molecule has 148 valence electrons. The van der Waals surface area contributed by atoms with Crippen LogP contribution in [0.25, 0.3) is 0 Å². The van der Waals surface area contributed by atoms with Crippen LogP contribution in [0.4, 0.5) is 0 Å². The molecule has 2 bridgehead atoms. The largest absolute Gasteiger partial charge is 0.322 e. The standard InChI is InChI=1S/C21H26N4O3/c26-17-7-6-16(20(27)24-17)25-11-15-3-1-2-12(18(15)21(25)28)10-23-19-13-4-5-14(19)9-22-8-13/h1-3,13-14,16,19,22-23H,4-11H2,(H,24,26,27). The zero-order valence-corrected chi connectivity index (χ0v) is 15.9. The van der Waals surface area contributed by atoms with Crippen molar-refractivity contribution >= 4 is 17.7 Å². The highest BCUT2D eigenvalue weighted by molar-refractivity contribution is 6.05. The SMILES string of the molecule is O=C1CCC(N2Cc3cccc(CNC4C5CCC4CNC5)c3C2=O)C(=O)N1. The fraction of sp³-hybridized carbons (Fsp3) is 0.571. The summed E-state index contributed by atoms with van der Waals surface area (Å²) in [7, 11) is 0. The number of nitrogens with zero attached hydrogens (tertiary/aromatic N) is 1. The lowest BCUT2D eigenvalue weighted by molar-refractivity contribution is -0.136. The fourth-order valence-corrected chi connectivity index (χ4v) is 5.48. The van der Waals surface area contributed by atoms with Crippen LogP contribution in [-0.4, -0.2) is 47.8 Å². The van der Waals surface area contributed by atoms with Crippen LogP contribution in [0.3, 0.4) is 0 Å². The molecule has 0 spiro atoms. The van der Waals surface area contributed by atoms with Gasteiger partial charge >= 0.3 is 0 Å². The van der Waals surface area contributed by atoms with Crippen molar-refractivity contribution in [3.8, 4) is 0 Å². The Kier molecular flexibility index (Phi) is 4.44. The molecule has 1 saturated carbocycles. The first-order valence-corrected chi connectivity index (χ1v) is 10.3. The maximum absolute atomic E-state index is 13.2. The molecule has 4 aliphatic rings. The van der Waals surface area contributed by atoms with E-state index in [9.17, 15) is 14.4 Å². The highest BCUT2D eigenvalue weighted by atomic mass is 16.2. The van der Waals surface area contributed by atoms with Gasteiger partial charge in [-0.1, -0.05) is 18.2 Å². The lowest BCUT2D eigenvalue weighted by atomic mass is 9.93. The number of amides is 3. The Balaban J connectivity index is 1.33. The van der Waals surface area contributed by atoms with Gasteiger partial charge in [0.1, 0.15) is 6.04 Å². The summed E-state index contributed by atoms with van der Waals surface area (Å²) in [4.78, 5) is 38.5. The highest BCUT2D eigenvalue weighted by Gasteiger charge is 2.41. The van der Waals surface area contributed by atoms with E-state index in [-0.39, 0.29) is 24.1 Å². The summed E-state index contributed by atoms with van der Waals surface area (Å²) >= 11 is 0. The van der Waals surface area contributed by atoms with Crippen LogP contribution in [0.15, 0.2) is 18.2 Å². The molecule has 1 aliphatic carbocycles. The maximum Gasteiger partial charge on any atom is 0.255 e. The van der Waals surface area contributed by atoms with E-state index in [4.69, 9.17) is 0 Å². The highest BCUT2D eigenvalue weighted by Crippen LogP contribution is 2.34. The predicted octanol–water partition coefficient (Wildman–Crippen LogP) is 0.535.